The quantitative estimate of drug-likeness (QED) is 0.261. The van der Waals surface area contributed by atoms with Crippen molar-refractivity contribution >= 4 is 46.4 Å². The maximum Gasteiger partial charge on any atom is 0.290 e. The number of hydrogen-bond acceptors (Lipinski definition) is 6. The summed E-state index contributed by atoms with van der Waals surface area (Å²) in [6.45, 7) is 0. The molecule has 0 atom stereocenters. The highest BCUT2D eigenvalue weighted by atomic mass is 32.2. The minimum absolute atomic E-state index is 0.0546. The standard InChI is InChI=1S/C22H17F2N5O2S2/c23-21(24)33-20-15(4-3-11-25-20)19(31)29-28-18(30)14-9-7-13(8-10-14)12-32-22-26-16-5-1-2-6-17(16)27-22/h1-11,21H,12H2,(H,26,27)(H,28,30)(H,29,31). The van der Waals surface area contributed by atoms with Crippen molar-refractivity contribution in [1.29, 1.82) is 0 Å². The predicted octanol–water partition coefficient (Wildman–Crippen LogP) is 4.64. The van der Waals surface area contributed by atoms with Crippen molar-refractivity contribution in [1.82, 2.24) is 25.8 Å². The van der Waals surface area contributed by atoms with Crippen LogP contribution in [-0.4, -0.2) is 32.5 Å². The third-order valence-electron chi connectivity index (χ3n) is 4.47. The molecule has 4 rings (SSSR count). The van der Waals surface area contributed by atoms with Gasteiger partial charge in [0.05, 0.1) is 16.6 Å². The normalized spacial score (nSPS) is 11.0. The van der Waals surface area contributed by atoms with Gasteiger partial charge in [0.15, 0.2) is 5.16 Å². The van der Waals surface area contributed by atoms with Gasteiger partial charge in [0, 0.05) is 17.5 Å². The van der Waals surface area contributed by atoms with E-state index in [1.54, 1.807) is 23.9 Å². The summed E-state index contributed by atoms with van der Waals surface area (Å²) in [4.78, 5) is 36.2. The summed E-state index contributed by atoms with van der Waals surface area (Å²) in [6, 6.07) is 17.5. The van der Waals surface area contributed by atoms with Gasteiger partial charge in [0.2, 0.25) is 0 Å². The molecule has 0 fully saturated rings. The Morgan fingerprint density at radius 2 is 1.73 bits per heavy atom. The summed E-state index contributed by atoms with van der Waals surface area (Å²) in [5.74, 6) is -3.33. The second-order valence-corrected chi connectivity index (χ2v) is 8.63. The smallest absolute Gasteiger partial charge is 0.290 e. The number of amides is 2. The predicted molar refractivity (Wildman–Crippen MR) is 123 cm³/mol. The van der Waals surface area contributed by atoms with Crippen LogP contribution in [0.5, 0.6) is 0 Å². The molecule has 2 aromatic carbocycles. The molecule has 2 aromatic heterocycles. The van der Waals surface area contributed by atoms with Crippen LogP contribution in [0.4, 0.5) is 8.78 Å². The molecule has 2 amide bonds. The number of para-hydroxylation sites is 2. The van der Waals surface area contributed by atoms with E-state index in [1.165, 1.54) is 18.3 Å². The number of H-pyrrole nitrogens is 1. The molecule has 2 heterocycles. The largest absolute Gasteiger partial charge is 0.333 e. The number of carbonyl (C=O) groups is 2. The van der Waals surface area contributed by atoms with E-state index in [0.717, 1.165) is 21.8 Å². The molecule has 0 bridgehead atoms. The zero-order valence-electron chi connectivity index (χ0n) is 16.9. The van der Waals surface area contributed by atoms with Crippen molar-refractivity contribution < 1.29 is 18.4 Å². The maximum absolute atomic E-state index is 12.6. The van der Waals surface area contributed by atoms with Crippen LogP contribution in [0.1, 0.15) is 26.3 Å². The Hall–Kier alpha value is -3.44. The van der Waals surface area contributed by atoms with E-state index in [9.17, 15) is 18.4 Å². The lowest BCUT2D eigenvalue weighted by Gasteiger charge is -2.10. The van der Waals surface area contributed by atoms with Gasteiger partial charge in [-0.1, -0.05) is 36.0 Å². The molecule has 0 aliphatic carbocycles. The van der Waals surface area contributed by atoms with Crippen LogP contribution in [0.3, 0.4) is 0 Å². The van der Waals surface area contributed by atoms with Crippen molar-refractivity contribution in [3.63, 3.8) is 0 Å². The Morgan fingerprint density at radius 3 is 2.48 bits per heavy atom. The fraction of sp³-hybridized carbons (Fsp3) is 0.0909. The number of aromatic nitrogens is 3. The number of benzene rings is 2. The molecule has 0 aliphatic heterocycles. The first-order chi connectivity index (χ1) is 16.0. The number of nitrogens with one attached hydrogen (secondary N) is 3. The van der Waals surface area contributed by atoms with Crippen LogP contribution in [-0.2, 0) is 5.75 Å². The lowest BCUT2D eigenvalue weighted by molar-refractivity contribution is 0.0844. The molecule has 0 aliphatic rings. The highest BCUT2D eigenvalue weighted by Gasteiger charge is 2.17. The molecule has 11 heteroatoms. The van der Waals surface area contributed by atoms with Crippen LogP contribution >= 0.6 is 23.5 Å². The van der Waals surface area contributed by atoms with Gasteiger partial charge in [-0.15, -0.1) is 0 Å². The number of halogens is 2. The Kier molecular flexibility index (Phi) is 7.20. The van der Waals surface area contributed by atoms with Crippen LogP contribution in [0, 0.1) is 0 Å². The monoisotopic (exact) mass is 485 g/mol. The minimum Gasteiger partial charge on any atom is -0.333 e. The van der Waals surface area contributed by atoms with Gasteiger partial charge in [0.1, 0.15) is 5.03 Å². The molecule has 33 heavy (non-hydrogen) atoms. The van der Waals surface area contributed by atoms with Crippen molar-refractivity contribution in [3.05, 3.63) is 83.6 Å². The van der Waals surface area contributed by atoms with E-state index in [2.05, 4.69) is 25.8 Å². The van der Waals surface area contributed by atoms with E-state index >= 15 is 0 Å². The summed E-state index contributed by atoms with van der Waals surface area (Å²) in [5, 5.41) is 0.686. The molecular weight excluding hydrogens is 468 g/mol. The van der Waals surface area contributed by atoms with Gasteiger partial charge >= 0.3 is 0 Å². The van der Waals surface area contributed by atoms with Crippen molar-refractivity contribution in [2.75, 3.05) is 0 Å². The van der Waals surface area contributed by atoms with Gasteiger partial charge in [-0.3, -0.25) is 20.4 Å². The number of aromatic amines is 1. The fourth-order valence-corrected chi connectivity index (χ4v) is 4.32. The van der Waals surface area contributed by atoms with Crippen LogP contribution < -0.4 is 10.9 Å². The highest BCUT2D eigenvalue weighted by Crippen LogP contribution is 2.26. The molecule has 0 saturated heterocycles. The number of hydrazine groups is 1. The van der Waals surface area contributed by atoms with Crippen molar-refractivity contribution in [2.24, 2.45) is 0 Å². The minimum atomic E-state index is -2.72. The SMILES string of the molecule is O=C(NNC(=O)c1cccnc1SC(F)F)c1ccc(CSc2nc3ccccc3[nH]2)cc1. The van der Waals surface area contributed by atoms with Gasteiger partial charge in [-0.05, 0) is 53.7 Å². The molecule has 4 aromatic rings. The Labute approximate surface area is 195 Å². The summed E-state index contributed by atoms with van der Waals surface area (Å²) in [6.07, 6.45) is 1.31. The van der Waals surface area contributed by atoms with E-state index in [4.69, 9.17) is 0 Å². The van der Waals surface area contributed by atoms with Crippen LogP contribution in [0.2, 0.25) is 0 Å². The topological polar surface area (TPSA) is 99.8 Å². The average Bonchev–Trinajstić information content (AvgIpc) is 3.24. The second-order valence-electron chi connectivity index (χ2n) is 6.69. The molecule has 3 N–H and O–H groups in total. The Balaban J connectivity index is 1.31. The number of carbonyl (C=O) groups excluding carboxylic acids is 2. The first-order valence-electron chi connectivity index (χ1n) is 9.66. The zero-order chi connectivity index (χ0) is 23.2. The number of imidazole rings is 1. The number of rotatable bonds is 7. The van der Waals surface area contributed by atoms with Gasteiger partial charge in [-0.25, -0.2) is 9.97 Å². The van der Waals surface area contributed by atoms with Gasteiger partial charge < -0.3 is 4.98 Å². The molecule has 0 spiro atoms. The summed E-state index contributed by atoms with van der Waals surface area (Å²) < 4.78 is 25.3. The zero-order valence-corrected chi connectivity index (χ0v) is 18.6. The van der Waals surface area contributed by atoms with E-state index in [0.29, 0.717) is 11.3 Å². The van der Waals surface area contributed by atoms with Crippen molar-refractivity contribution in [3.8, 4) is 0 Å². The van der Waals surface area contributed by atoms with E-state index < -0.39 is 17.6 Å². The Bertz CT molecular complexity index is 1250. The second kappa shape index (κ2) is 10.5. The number of pyridine rings is 1. The summed E-state index contributed by atoms with van der Waals surface area (Å²) >= 11 is 1.71. The van der Waals surface area contributed by atoms with Gasteiger partial charge in [-0.2, -0.15) is 8.78 Å². The lowest BCUT2D eigenvalue weighted by atomic mass is 10.1. The molecule has 0 saturated carbocycles. The Morgan fingerprint density at radius 1 is 0.970 bits per heavy atom. The maximum atomic E-state index is 12.6. The third-order valence-corrected chi connectivity index (χ3v) is 6.14. The number of hydrogen-bond donors (Lipinski definition) is 3. The van der Waals surface area contributed by atoms with E-state index in [-0.39, 0.29) is 22.4 Å². The highest BCUT2D eigenvalue weighted by molar-refractivity contribution is 7.99. The molecule has 7 nitrogen and oxygen atoms in total. The van der Waals surface area contributed by atoms with E-state index in [1.807, 2.05) is 36.4 Å². The lowest BCUT2D eigenvalue weighted by Crippen LogP contribution is -2.41. The molecular formula is C22H17F2N5O2S2. The first-order valence-corrected chi connectivity index (χ1v) is 11.5. The van der Waals surface area contributed by atoms with Gasteiger partial charge in [0.25, 0.3) is 17.6 Å². The molecule has 0 unspecified atom stereocenters. The van der Waals surface area contributed by atoms with Crippen LogP contribution in [0.25, 0.3) is 11.0 Å². The third kappa shape index (κ3) is 5.88. The number of nitrogens with zero attached hydrogens (tertiary/aromatic N) is 2. The average molecular weight is 486 g/mol. The fourth-order valence-electron chi connectivity index (χ4n) is 2.90. The summed E-state index contributed by atoms with van der Waals surface area (Å²) in [7, 11) is 0. The van der Waals surface area contributed by atoms with Crippen molar-refractivity contribution in [2.45, 2.75) is 21.7 Å². The molecule has 168 valence electrons. The number of thioether (sulfide) groups is 2. The molecule has 0 radical (unpaired) electrons. The summed E-state index contributed by atoms with van der Waals surface area (Å²) in [5.41, 5.74) is 7.66. The first kappa shape index (κ1) is 22.7. The number of fused-ring (bicyclic) bond motifs is 1. The van der Waals surface area contributed by atoms with Crippen LogP contribution in [0.15, 0.2) is 77.0 Å². The number of alkyl halides is 2.